The zero-order valence-electron chi connectivity index (χ0n) is 14.3. The van der Waals surface area contributed by atoms with Crippen LogP contribution in [-0.2, 0) is 4.79 Å². The third kappa shape index (κ3) is 3.25. The number of benzene rings is 1. The highest BCUT2D eigenvalue weighted by Gasteiger charge is 2.47. The first-order valence-corrected chi connectivity index (χ1v) is 8.63. The van der Waals surface area contributed by atoms with Crippen molar-refractivity contribution in [2.45, 2.75) is 12.8 Å². The molecule has 10 nitrogen and oxygen atoms in total. The highest BCUT2D eigenvalue weighted by molar-refractivity contribution is 5.92. The molecule has 2 atom stereocenters. The zero-order chi connectivity index (χ0) is 19.1. The van der Waals surface area contributed by atoms with E-state index in [0.717, 1.165) is 12.8 Å². The number of hydrogen-bond acceptors (Lipinski definition) is 6. The van der Waals surface area contributed by atoms with Crippen molar-refractivity contribution >= 4 is 17.6 Å². The SMILES string of the molecule is O=C(O)[C@H]1CN(C(=O)c2cn(-c3cccc([N+](=O)[O-])c3)nn2)C[C@@H]1C1CC1. The molecular formula is C17H17N5O5. The monoisotopic (exact) mass is 371 g/mol. The second kappa shape index (κ2) is 6.45. The Morgan fingerprint density at radius 1 is 1.26 bits per heavy atom. The number of nitro groups is 1. The van der Waals surface area contributed by atoms with Crippen LogP contribution in [0, 0.1) is 27.9 Å². The highest BCUT2D eigenvalue weighted by Crippen LogP contribution is 2.44. The first-order valence-electron chi connectivity index (χ1n) is 8.63. The van der Waals surface area contributed by atoms with Gasteiger partial charge in [-0.25, -0.2) is 4.68 Å². The van der Waals surface area contributed by atoms with Gasteiger partial charge in [0.1, 0.15) is 0 Å². The second-order valence-corrected chi connectivity index (χ2v) is 6.98. The normalized spacial score (nSPS) is 22.0. The van der Waals surface area contributed by atoms with Gasteiger partial charge in [-0.1, -0.05) is 11.3 Å². The Balaban J connectivity index is 1.53. The molecule has 4 rings (SSSR count). The predicted molar refractivity (Wildman–Crippen MR) is 91.3 cm³/mol. The third-order valence-electron chi connectivity index (χ3n) is 5.21. The number of non-ortho nitro benzene ring substituents is 1. The minimum atomic E-state index is -0.873. The van der Waals surface area contributed by atoms with E-state index in [4.69, 9.17) is 0 Å². The van der Waals surface area contributed by atoms with Crippen LogP contribution < -0.4 is 0 Å². The average molecular weight is 371 g/mol. The van der Waals surface area contributed by atoms with Crippen molar-refractivity contribution in [2.75, 3.05) is 13.1 Å². The summed E-state index contributed by atoms with van der Waals surface area (Å²) in [7, 11) is 0. The minimum Gasteiger partial charge on any atom is -0.481 e. The summed E-state index contributed by atoms with van der Waals surface area (Å²) in [5.74, 6) is -1.43. The zero-order valence-corrected chi connectivity index (χ0v) is 14.3. The maximum absolute atomic E-state index is 12.7. The van der Waals surface area contributed by atoms with E-state index in [1.165, 1.54) is 34.0 Å². The van der Waals surface area contributed by atoms with Gasteiger partial charge in [0.15, 0.2) is 5.69 Å². The summed E-state index contributed by atoms with van der Waals surface area (Å²) in [5.41, 5.74) is 0.408. The van der Waals surface area contributed by atoms with Crippen molar-refractivity contribution in [2.24, 2.45) is 17.8 Å². The van der Waals surface area contributed by atoms with Gasteiger partial charge in [0.05, 0.1) is 22.7 Å². The number of nitrogens with zero attached hydrogens (tertiary/aromatic N) is 5. The van der Waals surface area contributed by atoms with E-state index < -0.39 is 16.8 Å². The number of hydrogen-bond donors (Lipinski definition) is 1. The van der Waals surface area contributed by atoms with E-state index in [1.54, 1.807) is 6.07 Å². The Kier molecular flexibility index (Phi) is 4.09. The molecule has 2 heterocycles. The number of amides is 1. The van der Waals surface area contributed by atoms with Gasteiger partial charge in [0.2, 0.25) is 0 Å². The number of carbonyl (C=O) groups is 2. The lowest BCUT2D eigenvalue weighted by Crippen LogP contribution is -2.30. The van der Waals surface area contributed by atoms with Crippen molar-refractivity contribution in [1.82, 2.24) is 19.9 Å². The molecule has 2 fully saturated rings. The van der Waals surface area contributed by atoms with Crippen molar-refractivity contribution in [3.05, 3.63) is 46.3 Å². The molecule has 1 N–H and O–H groups in total. The van der Waals surface area contributed by atoms with E-state index in [2.05, 4.69) is 10.3 Å². The van der Waals surface area contributed by atoms with Crippen LogP contribution in [0.25, 0.3) is 5.69 Å². The van der Waals surface area contributed by atoms with Crippen molar-refractivity contribution in [3.8, 4) is 5.69 Å². The Morgan fingerprint density at radius 2 is 2.04 bits per heavy atom. The molecule has 0 radical (unpaired) electrons. The Morgan fingerprint density at radius 3 is 2.70 bits per heavy atom. The van der Waals surface area contributed by atoms with Crippen LogP contribution in [0.15, 0.2) is 30.5 Å². The molecule has 0 bridgehead atoms. The Labute approximate surface area is 153 Å². The van der Waals surface area contributed by atoms with E-state index in [0.29, 0.717) is 18.2 Å². The molecule has 0 unspecified atom stereocenters. The number of carbonyl (C=O) groups excluding carboxylic acids is 1. The van der Waals surface area contributed by atoms with Gasteiger partial charge >= 0.3 is 5.97 Å². The summed E-state index contributed by atoms with van der Waals surface area (Å²) in [5, 5.41) is 28.1. The van der Waals surface area contributed by atoms with Gasteiger partial charge in [0.25, 0.3) is 11.6 Å². The summed E-state index contributed by atoms with van der Waals surface area (Å²) < 4.78 is 1.29. The average Bonchev–Trinajstić information content (AvgIpc) is 3.21. The van der Waals surface area contributed by atoms with E-state index in [-0.39, 0.29) is 29.8 Å². The van der Waals surface area contributed by atoms with Crippen molar-refractivity contribution in [3.63, 3.8) is 0 Å². The summed E-state index contributed by atoms with van der Waals surface area (Å²) in [6, 6.07) is 5.84. The van der Waals surface area contributed by atoms with Gasteiger partial charge in [0, 0.05) is 25.2 Å². The topological polar surface area (TPSA) is 131 Å². The fraction of sp³-hybridized carbons (Fsp3) is 0.412. The predicted octanol–water partition coefficient (Wildman–Crippen LogP) is 1.36. The van der Waals surface area contributed by atoms with Crippen LogP contribution in [0.5, 0.6) is 0 Å². The molecule has 0 spiro atoms. The molecular weight excluding hydrogens is 354 g/mol. The van der Waals surface area contributed by atoms with Crippen LogP contribution in [0.4, 0.5) is 5.69 Å². The first-order chi connectivity index (χ1) is 12.9. The van der Waals surface area contributed by atoms with E-state index in [9.17, 15) is 24.8 Å². The molecule has 2 aromatic rings. The van der Waals surface area contributed by atoms with Crippen LogP contribution in [0.2, 0.25) is 0 Å². The number of carboxylic acid groups (broad SMARTS) is 1. The number of rotatable bonds is 5. The summed E-state index contributed by atoms with van der Waals surface area (Å²) >= 11 is 0. The standard InChI is InChI=1S/C17H17N5O5/c23-16(20-7-13(10-4-5-10)14(8-20)17(24)25)15-9-21(19-18-15)11-2-1-3-12(6-11)22(26)27/h1-3,6,9-10,13-14H,4-5,7-8H2,(H,24,25)/t13-,14+/m1/s1. The van der Waals surface area contributed by atoms with Gasteiger partial charge < -0.3 is 10.0 Å². The molecule has 27 heavy (non-hydrogen) atoms. The number of aromatic nitrogens is 3. The maximum atomic E-state index is 12.7. The van der Waals surface area contributed by atoms with Crippen LogP contribution in [0.1, 0.15) is 23.3 Å². The van der Waals surface area contributed by atoms with Gasteiger partial charge in [-0.05, 0) is 30.7 Å². The number of carboxylic acids is 1. The Bertz CT molecular complexity index is 922. The van der Waals surface area contributed by atoms with Crippen LogP contribution in [-0.4, -0.2) is 54.9 Å². The molecule has 1 aromatic carbocycles. The lowest BCUT2D eigenvalue weighted by molar-refractivity contribution is -0.384. The lowest BCUT2D eigenvalue weighted by atomic mass is 9.92. The number of likely N-dealkylation sites (tertiary alicyclic amines) is 1. The smallest absolute Gasteiger partial charge is 0.308 e. The van der Waals surface area contributed by atoms with Crippen molar-refractivity contribution < 1.29 is 19.6 Å². The van der Waals surface area contributed by atoms with Crippen molar-refractivity contribution in [1.29, 1.82) is 0 Å². The first kappa shape index (κ1) is 17.1. The summed E-state index contributed by atoms with van der Waals surface area (Å²) in [4.78, 5) is 36.1. The largest absolute Gasteiger partial charge is 0.481 e. The molecule has 1 amide bonds. The van der Waals surface area contributed by atoms with E-state index in [1.807, 2.05) is 0 Å². The minimum absolute atomic E-state index is 0.0155. The molecule has 1 aromatic heterocycles. The van der Waals surface area contributed by atoms with Gasteiger partial charge in [-0.2, -0.15) is 0 Å². The molecule has 10 heteroatoms. The number of aliphatic carboxylic acids is 1. The third-order valence-corrected chi connectivity index (χ3v) is 5.21. The van der Waals surface area contributed by atoms with Gasteiger partial charge in [-0.3, -0.25) is 19.7 Å². The number of nitro benzene ring substituents is 1. The van der Waals surface area contributed by atoms with Crippen LogP contribution >= 0.6 is 0 Å². The summed E-state index contributed by atoms with van der Waals surface area (Å²) in [6.07, 6.45) is 3.43. The maximum Gasteiger partial charge on any atom is 0.308 e. The fourth-order valence-corrected chi connectivity index (χ4v) is 3.66. The molecule has 140 valence electrons. The highest BCUT2D eigenvalue weighted by atomic mass is 16.6. The molecule has 2 aliphatic rings. The van der Waals surface area contributed by atoms with Crippen LogP contribution in [0.3, 0.4) is 0 Å². The summed E-state index contributed by atoms with van der Waals surface area (Å²) in [6.45, 7) is 0.573. The molecule has 1 aliphatic carbocycles. The molecule has 1 saturated carbocycles. The Hall–Kier alpha value is -3.30. The molecule has 1 saturated heterocycles. The quantitative estimate of drug-likeness (QED) is 0.620. The second-order valence-electron chi connectivity index (χ2n) is 6.98. The van der Waals surface area contributed by atoms with Gasteiger partial charge in [-0.15, -0.1) is 5.10 Å². The van der Waals surface area contributed by atoms with E-state index >= 15 is 0 Å². The molecule has 1 aliphatic heterocycles. The fourth-order valence-electron chi connectivity index (χ4n) is 3.66. The lowest BCUT2D eigenvalue weighted by Gasteiger charge is -2.14.